The van der Waals surface area contributed by atoms with Crippen molar-refractivity contribution in [3.05, 3.63) is 69.4 Å². The molecule has 156 valence electrons. The molecule has 0 N–H and O–H groups in total. The van der Waals surface area contributed by atoms with Crippen molar-refractivity contribution in [1.82, 2.24) is 14.0 Å². The first-order chi connectivity index (χ1) is 14.5. The van der Waals surface area contributed by atoms with Crippen LogP contribution >= 0.6 is 0 Å². The summed E-state index contributed by atoms with van der Waals surface area (Å²) in [6, 6.07) is 12.8. The van der Waals surface area contributed by atoms with Crippen LogP contribution in [0.15, 0.2) is 58.1 Å². The van der Waals surface area contributed by atoms with Crippen molar-refractivity contribution < 1.29 is 14.3 Å². The molecule has 8 nitrogen and oxygen atoms in total. The Balaban J connectivity index is 1.94. The van der Waals surface area contributed by atoms with Crippen LogP contribution in [0.1, 0.15) is 13.0 Å². The second kappa shape index (κ2) is 8.16. The lowest BCUT2D eigenvalue weighted by molar-refractivity contribution is -0.138. The molecule has 2 aromatic carbocycles. The second-order valence-corrected chi connectivity index (χ2v) is 7.13. The number of methoxy groups -OCH3 is 1. The number of aromatic nitrogens is 2. The number of rotatable bonds is 4. The maximum Gasteiger partial charge on any atom is 0.336 e. The average molecular weight is 409 g/mol. The van der Waals surface area contributed by atoms with Crippen LogP contribution in [0.3, 0.4) is 0 Å². The van der Waals surface area contributed by atoms with E-state index in [4.69, 9.17) is 9.47 Å². The Morgan fingerprint density at radius 3 is 2.53 bits per heavy atom. The Bertz CT molecular complexity index is 1210. The molecule has 1 aliphatic heterocycles. The van der Waals surface area contributed by atoms with Gasteiger partial charge in [-0.3, -0.25) is 14.2 Å². The third-order valence-corrected chi connectivity index (χ3v) is 5.37. The number of carbonyl (C=O) groups is 1. The summed E-state index contributed by atoms with van der Waals surface area (Å²) in [5.74, 6) is 0.345. The summed E-state index contributed by atoms with van der Waals surface area (Å²) >= 11 is 0. The SMILES string of the molecule is COc1cccc(-n2c(=O)c3ccccc3n([C@@H](C)C(=O)N3CCOCC3)c2=O)c1. The molecule has 3 aromatic rings. The van der Waals surface area contributed by atoms with Gasteiger partial charge in [0.1, 0.15) is 11.8 Å². The summed E-state index contributed by atoms with van der Waals surface area (Å²) in [7, 11) is 1.52. The molecule has 30 heavy (non-hydrogen) atoms. The predicted molar refractivity (Wildman–Crippen MR) is 112 cm³/mol. The molecule has 0 saturated carbocycles. The van der Waals surface area contributed by atoms with E-state index in [0.717, 1.165) is 4.57 Å². The molecule has 0 unspecified atom stereocenters. The van der Waals surface area contributed by atoms with Crippen molar-refractivity contribution in [3.63, 3.8) is 0 Å². The Labute approximate surface area is 172 Å². The van der Waals surface area contributed by atoms with Crippen molar-refractivity contribution in [3.8, 4) is 11.4 Å². The lowest BCUT2D eigenvalue weighted by Crippen LogP contribution is -2.47. The molecule has 1 aromatic heterocycles. The van der Waals surface area contributed by atoms with Crippen LogP contribution in [0.5, 0.6) is 5.75 Å². The van der Waals surface area contributed by atoms with Crippen molar-refractivity contribution in [2.24, 2.45) is 0 Å². The van der Waals surface area contributed by atoms with E-state index in [1.165, 1.54) is 11.7 Å². The first-order valence-electron chi connectivity index (χ1n) is 9.80. The highest BCUT2D eigenvalue weighted by molar-refractivity contribution is 5.84. The highest BCUT2D eigenvalue weighted by Crippen LogP contribution is 2.19. The van der Waals surface area contributed by atoms with Gasteiger partial charge < -0.3 is 14.4 Å². The minimum Gasteiger partial charge on any atom is -0.497 e. The first kappa shape index (κ1) is 19.9. The molecular weight excluding hydrogens is 386 g/mol. The Kier molecular flexibility index (Phi) is 5.41. The standard InChI is InChI=1S/C22H23N3O5/c1-15(20(26)23-10-12-30-13-11-23)24-19-9-4-3-8-18(19)21(27)25(22(24)28)16-6-5-7-17(14-16)29-2/h3-9,14-15H,10-13H2,1-2H3/t15-/m0/s1. The maximum atomic E-state index is 13.5. The highest BCUT2D eigenvalue weighted by Gasteiger charge is 2.27. The minimum atomic E-state index is -0.780. The third-order valence-electron chi connectivity index (χ3n) is 5.37. The van der Waals surface area contributed by atoms with E-state index >= 15 is 0 Å². The van der Waals surface area contributed by atoms with Crippen LogP contribution in [-0.4, -0.2) is 53.4 Å². The van der Waals surface area contributed by atoms with Gasteiger partial charge >= 0.3 is 5.69 Å². The largest absolute Gasteiger partial charge is 0.497 e. The van der Waals surface area contributed by atoms with E-state index < -0.39 is 17.3 Å². The van der Waals surface area contributed by atoms with Crippen molar-refractivity contribution >= 4 is 16.8 Å². The van der Waals surface area contributed by atoms with Gasteiger partial charge in [0.05, 0.1) is 36.9 Å². The van der Waals surface area contributed by atoms with Crippen LogP contribution < -0.4 is 16.0 Å². The van der Waals surface area contributed by atoms with Crippen molar-refractivity contribution in [1.29, 1.82) is 0 Å². The molecule has 1 saturated heterocycles. The molecule has 2 heterocycles. The summed E-state index contributed by atoms with van der Waals surface area (Å²) in [5, 5.41) is 0.363. The van der Waals surface area contributed by atoms with Crippen LogP contribution in [0.25, 0.3) is 16.6 Å². The van der Waals surface area contributed by atoms with Gasteiger partial charge in [0.25, 0.3) is 5.56 Å². The fraction of sp³-hybridized carbons (Fsp3) is 0.318. The van der Waals surface area contributed by atoms with Crippen LogP contribution in [0, 0.1) is 0 Å². The topological polar surface area (TPSA) is 82.8 Å². The number of benzene rings is 2. The average Bonchev–Trinajstić information content (AvgIpc) is 2.79. The Morgan fingerprint density at radius 2 is 1.80 bits per heavy atom. The highest BCUT2D eigenvalue weighted by atomic mass is 16.5. The molecule has 1 atom stereocenters. The van der Waals surface area contributed by atoms with E-state index in [1.807, 2.05) is 0 Å². The molecule has 0 bridgehead atoms. The number of ether oxygens (including phenoxy) is 2. The van der Waals surface area contributed by atoms with Gasteiger partial charge in [-0.05, 0) is 31.2 Å². The zero-order valence-corrected chi connectivity index (χ0v) is 16.9. The fourth-order valence-electron chi connectivity index (χ4n) is 3.79. The van der Waals surface area contributed by atoms with E-state index in [9.17, 15) is 14.4 Å². The predicted octanol–water partition coefficient (Wildman–Crippen LogP) is 1.58. The Morgan fingerprint density at radius 1 is 1.07 bits per heavy atom. The van der Waals surface area contributed by atoms with Gasteiger partial charge in [-0.15, -0.1) is 0 Å². The Hall–Kier alpha value is -3.39. The van der Waals surface area contributed by atoms with Crippen molar-refractivity contribution in [2.75, 3.05) is 33.4 Å². The third kappa shape index (κ3) is 3.39. The molecule has 8 heteroatoms. The normalized spacial score (nSPS) is 15.2. The number of morpholine rings is 1. The lowest BCUT2D eigenvalue weighted by atomic mass is 10.2. The lowest BCUT2D eigenvalue weighted by Gasteiger charge is -2.30. The van der Waals surface area contributed by atoms with Crippen LogP contribution in [-0.2, 0) is 9.53 Å². The van der Waals surface area contributed by atoms with E-state index in [1.54, 1.807) is 60.4 Å². The van der Waals surface area contributed by atoms with E-state index in [0.29, 0.717) is 48.6 Å². The van der Waals surface area contributed by atoms with Gasteiger partial charge in [-0.2, -0.15) is 0 Å². The van der Waals surface area contributed by atoms with Gasteiger partial charge in [0, 0.05) is 19.2 Å². The summed E-state index contributed by atoms with van der Waals surface area (Å²) in [6.07, 6.45) is 0. The number of para-hydroxylation sites is 1. The molecule has 4 rings (SSSR count). The molecule has 0 radical (unpaired) electrons. The molecule has 1 amide bonds. The fourth-order valence-corrected chi connectivity index (χ4v) is 3.79. The number of fused-ring (bicyclic) bond motifs is 1. The zero-order chi connectivity index (χ0) is 21.3. The van der Waals surface area contributed by atoms with Crippen LogP contribution in [0.4, 0.5) is 0 Å². The summed E-state index contributed by atoms with van der Waals surface area (Å²) in [4.78, 5) is 41.5. The number of carbonyl (C=O) groups excluding carboxylic acids is 1. The molecule has 0 spiro atoms. The van der Waals surface area contributed by atoms with E-state index in [2.05, 4.69) is 0 Å². The zero-order valence-electron chi connectivity index (χ0n) is 16.9. The number of amides is 1. The minimum absolute atomic E-state index is 0.179. The summed E-state index contributed by atoms with van der Waals surface area (Å²) in [6.45, 7) is 3.58. The first-order valence-corrected chi connectivity index (χ1v) is 9.80. The quantitative estimate of drug-likeness (QED) is 0.653. The van der Waals surface area contributed by atoms with Crippen LogP contribution in [0.2, 0.25) is 0 Å². The van der Waals surface area contributed by atoms with Gasteiger partial charge in [-0.1, -0.05) is 18.2 Å². The monoisotopic (exact) mass is 409 g/mol. The van der Waals surface area contributed by atoms with E-state index in [-0.39, 0.29) is 5.91 Å². The summed E-state index contributed by atoms with van der Waals surface area (Å²) in [5.41, 5.74) is -0.192. The molecule has 1 fully saturated rings. The second-order valence-electron chi connectivity index (χ2n) is 7.13. The van der Waals surface area contributed by atoms with Gasteiger partial charge in [0.15, 0.2) is 0 Å². The number of hydrogen-bond acceptors (Lipinski definition) is 5. The van der Waals surface area contributed by atoms with Gasteiger partial charge in [-0.25, -0.2) is 9.36 Å². The smallest absolute Gasteiger partial charge is 0.336 e. The molecular formula is C22H23N3O5. The number of nitrogens with zero attached hydrogens (tertiary/aromatic N) is 3. The molecule has 1 aliphatic rings. The van der Waals surface area contributed by atoms with Gasteiger partial charge in [0.2, 0.25) is 5.91 Å². The molecule has 0 aliphatic carbocycles. The number of hydrogen-bond donors (Lipinski definition) is 0. The maximum absolute atomic E-state index is 13.5. The van der Waals surface area contributed by atoms with Crippen molar-refractivity contribution in [2.45, 2.75) is 13.0 Å². The summed E-state index contributed by atoms with van der Waals surface area (Å²) < 4.78 is 13.1.